The van der Waals surface area contributed by atoms with Gasteiger partial charge in [-0.05, 0) is 44.4 Å². The molecule has 0 saturated carbocycles. The lowest BCUT2D eigenvalue weighted by Crippen LogP contribution is -2.46. The van der Waals surface area contributed by atoms with Gasteiger partial charge in [-0.3, -0.25) is 9.48 Å². The lowest BCUT2D eigenvalue weighted by atomic mass is 10.0. The third kappa shape index (κ3) is 3.24. The summed E-state index contributed by atoms with van der Waals surface area (Å²) in [6, 6.07) is 7.42. The van der Waals surface area contributed by atoms with Crippen molar-refractivity contribution in [3.63, 3.8) is 0 Å². The van der Waals surface area contributed by atoms with Crippen molar-refractivity contribution in [3.05, 3.63) is 47.5 Å². The summed E-state index contributed by atoms with van der Waals surface area (Å²) in [6.45, 7) is 3.20. The molecule has 1 fully saturated rings. The molecule has 6 nitrogen and oxygen atoms in total. The molecule has 1 aliphatic heterocycles. The summed E-state index contributed by atoms with van der Waals surface area (Å²) in [5.41, 5.74) is 1.51. The summed E-state index contributed by atoms with van der Waals surface area (Å²) >= 11 is 0. The summed E-state index contributed by atoms with van der Waals surface area (Å²) in [7, 11) is 0. The highest BCUT2D eigenvalue weighted by Crippen LogP contribution is 2.21. The molecule has 0 spiro atoms. The molecular formula is C17H19N5O. The van der Waals surface area contributed by atoms with Crippen molar-refractivity contribution in [3.8, 4) is 6.07 Å². The molecule has 6 heteroatoms. The van der Waals surface area contributed by atoms with Crippen LogP contribution in [0.3, 0.4) is 0 Å². The van der Waals surface area contributed by atoms with Crippen LogP contribution in [0.25, 0.3) is 0 Å². The third-order valence-corrected chi connectivity index (χ3v) is 4.27. The van der Waals surface area contributed by atoms with Gasteiger partial charge >= 0.3 is 0 Å². The van der Waals surface area contributed by atoms with Gasteiger partial charge in [0.1, 0.15) is 11.8 Å². The molecule has 0 unspecified atom stereocenters. The van der Waals surface area contributed by atoms with E-state index in [-0.39, 0.29) is 11.9 Å². The molecule has 1 aliphatic rings. The fourth-order valence-electron chi connectivity index (χ4n) is 3.03. The lowest BCUT2D eigenvalue weighted by molar-refractivity contribution is 0.0577. The number of hydrogen-bond donors (Lipinski definition) is 0. The Labute approximate surface area is 135 Å². The maximum Gasteiger partial charge on any atom is 0.272 e. The number of pyridine rings is 1. The van der Waals surface area contributed by atoms with Crippen LogP contribution in [0.1, 0.15) is 41.0 Å². The Hall–Kier alpha value is -2.68. The van der Waals surface area contributed by atoms with Crippen LogP contribution < -0.4 is 0 Å². The quantitative estimate of drug-likeness (QED) is 0.870. The molecule has 118 valence electrons. The Bertz CT molecular complexity index is 732. The molecule has 3 rings (SSSR count). The van der Waals surface area contributed by atoms with Crippen LogP contribution in [0.15, 0.2) is 30.6 Å². The number of aromatic nitrogens is 3. The minimum absolute atomic E-state index is 0.0607. The topological polar surface area (TPSA) is 74.8 Å². The van der Waals surface area contributed by atoms with Gasteiger partial charge in [0.2, 0.25) is 0 Å². The standard InChI is InChI=1S/C17H19N5O/c1-13-14(11-18)6-7-16(20-13)17(23)22-10-3-2-5-15(22)12-21-9-4-8-19-21/h4,6-9,15H,2-3,5,10,12H2,1H3/t15-/m1/s1. The Morgan fingerprint density at radius 1 is 1.43 bits per heavy atom. The number of nitriles is 1. The van der Waals surface area contributed by atoms with Crippen LogP contribution in [-0.4, -0.2) is 38.2 Å². The first-order valence-corrected chi connectivity index (χ1v) is 7.85. The SMILES string of the molecule is Cc1nc(C(=O)N2CCCC[C@@H]2Cn2cccn2)ccc1C#N. The average Bonchev–Trinajstić information content (AvgIpc) is 3.07. The molecule has 0 N–H and O–H groups in total. The molecular weight excluding hydrogens is 290 g/mol. The van der Waals surface area contributed by atoms with Crippen molar-refractivity contribution in [1.82, 2.24) is 19.7 Å². The van der Waals surface area contributed by atoms with E-state index in [1.165, 1.54) is 0 Å². The number of carbonyl (C=O) groups excluding carboxylic acids is 1. The second kappa shape index (κ2) is 6.61. The largest absolute Gasteiger partial charge is 0.332 e. The molecule has 0 bridgehead atoms. The maximum absolute atomic E-state index is 12.8. The predicted molar refractivity (Wildman–Crippen MR) is 84.6 cm³/mol. The Morgan fingerprint density at radius 3 is 3.00 bits per heavy atom. The van der Waals surface area contributed by atoms with Crippen LogP contribution in [0, 0.1) is 18.3 Å². The number of rotatable bonds is 3. The van der Waals surface area contributed by atoms with Gasteiger partial charge in [0.05, 0.1) is 23.8 Å². The highest BCUT2D eigenvalue weighted by molar-refractivity contribution is 5.92. The Kier molecular flexibility index (Phi) is 4.38. The third-order valence-electron chi connectivity index (χ3n) is 4.27. The molecule has 0 radical (unpaired) electrons. The van der Waals surface area contributed by atoms with Crippen LogP contribution in [0.4, 0.5) is 0 Å². The zero-order valence-corrected chi connectivity index (χ0v) is 13.1. The van der Waals surface area contributed by atoms with Gasteiger partial charge < -0.3 is 4.90 Å². The van der Waals surface area contributed by atoms with Crippen molar-refractivity contribution < 1.29 is 4.79 Å². The summed E-state index contributed by atoms with van der Waals surface area (Å²) in [6.07, 6.45) is 6.77. The minimum atomic E-state index is -0.0607. The lowest BCUT2D eigenvalue weighted by Gasteiger charge is -2.35. The van der Waals surface area contributed by atoms with Crippen LogP contribution in [0.2, 0.25) is 0 Å². The van der Waals surface area contributed by atoms with Crippen molar-refractivity contribution in [2.45, 2.75) is 38.8 Å². The van der Waals surface area contributed by atoms with Crippen LogP contribution in [-0.2, 0) is 6.54 Å². The van der Waals surface area contributed by atoms with E-state index in [2.05, 4.69) is 16.2 Å². The van der Waals surface area contributed by atoms with Gasteiger partial charge in [0.15, 0.2) is 0 Å². The van der Waals surface area contributed by atoms with Crippen molar-refractivity contribution >= 4 is 5.91 Å². The molecule has 1 saturated heterocycles. The van der Waals surface area contributed by atoms with Crippen molar-refractivity contribution in [1.29, 1.82) is 5.26 Å². The second-order valence-electron chi connectivity index (χ2n) is 5.82. The number of aryl methyl sites for hydroxylation is 1. The molecule has 3 heterocycles. The van der Waals surface area contributed by atoms with Crippen LogP contribution in [0.5, 0.6) is 0 Å². The molecule has 0 aromatic carbocycles. The first-order chi connectivity index (χ1) is 11.2. The van der Waals surface area contributed by atoms with Gasteiger partial charge in [-0.2, -0.15) is 10.4 Å². The predicted octanol–water partition coefficient (Wildman–Crippen LogP) is 2.15. The highest BCUT2D eigenvalue weighted by atomic mass is 16.2. The van der Waals surface area contributed by atoms with E-state index in [0.29, 0.717) is 23.5 Å². The van der Waals surface area contributed by atoms with E-state index < -0.39 is 0 Å². The van der Waals surface area contributed by atoms with Gasteiger partial charge in [-0.1, -0.05) is 0 Å². The summed E-state index contributed by atoms with van der Waals surface area (Å²) < 4.78 is 1.87. The van der Waals surface area contributed by atoms with Crippen LogP contribution >= 0.6 is 0 Å². The zero-order chi connectivity index (χ0) is 16.2. The van der Waals surface area contributed by atoms with E-state index >= 15 is 0 Å². The molecule has 23 heavy (non-hydrogen) atoms. The Morgan fingerprint density at radius 2 is 2.30 bits per heavy atom. The zero-order valence-electron chi connectivity index (χ0n) is 13.1. The molecule has 2 aromatic heterocycles. The molecule has 0 aliphatic carbocycles. The number of likely N-dealkylation sites (tertiary alicyclic amines) is 1. The van der Waals surface area contributed by atoms with E-state index in [1.54, 1.807) is 25.3 Å². The highest BCUT2D eigenvalue weighted by Gasteiger charge is 2.28. The van der Waals surface area contributed by atoms with Gasteiger partial charge in [0, 0.05) is 18.9 Å². The Balaban J connectivity index is 1.81. The molecule has 1 atom stereocenters. The van der Waals surface area contributed by atoms with Crippen molar-refractivity contribution in [2.75, 3.05) is 6.54 Å². The summed E-state index contributed by atoms with van der Waals surface area (Å²) in [5, 5.41) is 13.2. The van der Waals surface area contributed by atoms with E-state index in [1.807, 2.05) is 21.8 Å². The minimum Gasteiger partial charge on any atom is -0.332 e. The number of hydrogen-bond acceptors (Lipinski definition) is 4. The number of piperidine rings is 1. The second-order valence-corrected chi connectivity index (χ2v) is 5.82. The smallest absolute Gasteiger partial charge is 0.272 e. The van der Waals surface area contributed by atoms with E-state index in [4.69, 9.17) is 5.26 Å². The fraction of sp³-hybridized carbons (Fsp3) is 0.412. The van der Waals surface area contributed by atoms with E-state index in [9.17, 15) is 4.79 Å². The van der Waals surface area contributed by atoms with Crippen molar-refractivity contribution in [2.24, 2.45) is 0 Å². The summed E-state index contributed by atoms with van der Waals surface area (Å²) in [4.78, 5) is 19.1. The normalized spacial score (nSPS) is 17.7. The summed E-state index contributed by atoms with van der Waals surface area (Å²) in [5.74, 6) is -0.0607. The number of nitrogens with zero attached hydrogens (tertiary/aromatic N) is 5. The first-order valence-electron chi connectivity index (χ1n) is 7.85. The maximum atomic E-state index is 12.8. The first kappa shape index (κ1) is 15.2. The van der Waals surface area contributed by atoms with Gasteiger partial charge in [0.25, 0.3) is 5.91 Å². The average molecular weight is 309 g/mol. The number of amides is 1. The van der Waals surface area contributed by atoms with Gasteiger partial charge in [-0.25, -0.2) is 4.98 Å². The number of carbonyl (C=O) groups is 1. The molecule has 2 aromatic rings. The monoisotopic (exact) mass is 309 g/mol. The molecule has 1 amide bonds. The van der Waals surface area contributed by atoms with Gasteiger partial charge in [-0.15, -0.1) is 0 Å². The van der Waals surface area contributed by atoms with E-state index in [0.717, 1.165) is 25.8 Å². The fourth-order valence-corrected chi connectivity index (χ4v) is 3.03.